The number of anilines is 1. The average molecular weight is 638 g/mol. The fraction of sp³-hybridized carbons (Fsp3) is 0.345. The summed E-state index contributed by atoms with van der Waals surface area (Å²) in [5.41, 5.74) is 3.09. The van der Waals surface area contributed by atoms with Crippen molar-refractivity contribution in [2.45, 2.75) is 56.9 Å². The van der Waals surface area contributed by atoms with Crippen LogP contribution in [0.4, 0.5) is 5.69 Å². The van der Waals surface area contributed by atoms with Gasteiger partial charge in [0.05, 0.1) is 20.6 Å². The van der Waals surface area contributed by atoms with Crippen LogP contribution in [0.1, 0.15) is 42.9 Å². The number of aryl methyl sites for hydroxylation is 2. The smallest absolute Gasteiger partial charge is 0.264 e. The number of benzene rings is 3. The zero-order valence-electron chi connectivity index (χ0n) is 21.7. The van der Waals surface area contributed by atoms with Gasteiger partial charge in [-0.1, -0.05) is 51.3 Å². The van der Waals surface area contributed by atoms with E-state index >= 15 is 0 Å². The van der Waals surface area contributed by atoms with E-state index in [1.54, 1.807) is 30.3 Å². The van der Waals surface area contributed by atoms with Gasteiger partial charge in [0.25, 0.3) is 10.0 Å². The van der Waals surface area contributed by atoms with Crippen LogP contribution in [0.3, 0.4) is 0 Å². The van der Waals surface area contributed by atoms with Gasteiger partial charge in [-0.05, 0) is 105 Å². The van der Waals surface area contributed by atoms with Crippen LogP contribution in [-0.2, 0) is 21.2 Å². The molecule has 4 rings (SSSR count). The van der Waals surface area contributed by atoms with E-state index in [9.17, 15) is 13.2 Å². The van der Waals surface area contributed by atoms with Crippen molar-refractivity contribution in [3.8, 4) is 0 Å². The molecular weight excluding hydrogens is 607 g/mol. The maximum absolute atomic E-state index is 13.8. The van der Waals surface area contributed by atoms with Crippen LogP contribution in [0.5, 0.6) is 0 Å². The molecule has 1 fully saturated rings. The Morgan fingerprint density at radius 1 is 1.00 bits per heavy atom. The van der Waals surface area contributed by atoms with Gasteiger partial charge in [-0.3, -0.25) is 9.10 Å². The van der Waals surface area contributed by atoms with Crippen LogP contribution in [0, 0.1) is 13.8 Å². The Balaban J connectivity index is 1.59. The first kappa shape index (κ1) is 28.9. The Labute approximate surface area is 243 Å². The summed E-state index contributed by atoms with van der Waals surface area (Å²) in [7, 11) is -3.90. The quantitative estimate of drug-likeness (QED) is 0.256. The first-order chi connectivity index (χ1) is 17.9. The third-order valence-electron chi connectivity index (χ3n) is 7.04. The normalized spacial score (nSPS) is 17.6. The minimum Gasteiger partial charge on any atom is -0.337 e. The lowest BCUT2D eigenvalue weighted by Gasteiger charge is -2.36. The van der Waals surface area contributed by atoms with Crippen molar-refractivity contribution in [3.63, 3.8) is 0 Å². The Hall–Kier alpha value is -2.06. The first-order valence-corrected chi connectivity index (χ1v) is 15.5. The Bertz CT molecular complexity index is 1430. The Kier molecular flexibility index (Phi) is 8.82. The van der Waals surface area contributed by atoms with E-state index in [0.717, 1.165) is 34.0 Å². The van der Waals surface area contributed by atoms with E-state index in [-0.39, 0.29) is 29.3 Å². The second-order valence-electron chi connectivity index (χ2n) is 10.2. The predicted octanol–water partition coefficient (Wildman–Crippen LogP) is 7.58. The molecule has 202 valence electrons. The maximum Gasteiger partial charge on any atom is 0.264 e. The summed E-state index contributed by atoms with van der Waals surface area (Å²) in [5, 5.41) is 0.990. The molecule has 9 heteroatoms. The maximum atomic E-state index is 13.8. The van der Waals surface area contributed by atoms with Gasteiger partial charge in [-0.25, -0.2) is 8.42 Å². The summed E-state index contributed by atoms with van der Waals surface area (Å²) in [6, 6.07) is 17.8. The third-order valence-corrected chi connectivity index (χ3v) is 10.2. The molecule has 1 amide bonds. The van der Waals surface area contributed by atoms with Crippen molar-refractivity contribution in [2.24, 2.45) is 0 Å². The summed E-state index contributed by atoms with van der Waals surface area (Å²) in [5.74, 6) is -0.0644. The predicted molar refractivity (Wildman–Crippen MR) is 159 cm³/mol. The van der Waals surface area contributed by atoms with Crippen LogP contribution in [0.25, 0.3) is 0 Å². The van der Waals surface area contributed by atoms with Gasteiger partial charge >= 0.3 is 0 Å². The zero-order valence-corrected chi connectivity index (χ0v) is 25.6. The SMILES string of the molecule is Cc1cc(C)cc(N(CCC(=O)N2CCCC2(C)Cc2ccc(Cl)c(Cl)c2)S(=O)(=O)c2ccc(Br)cc2)c1. The molecule has 0 aromatic heterocycles. The molecule has 1 saturated heterocycles. The lowest BCUT2D eigenvalue weighted by atomic mass is 9.90. The fourth-order valence-electron chi connectivity index (χ4n) is 5.27. The molecule has 0 aliphatic carbocycles. The largest absolute Gasteiger partial charge is 0.337 e. The van der Waals surface area contributed by atoms with Crippen molar-refractivity contribution in [3.05, 3.63) is 91.9 Å². The summed E-state index contributed by atoms with van der Waals surface area (Å²) in [6.07, 6.45) is 2.46. The van der Waals surface area contributed by atoms with Crippen LogP contribution >= 0.6 is 39.1 Å². The van der Waals surface area contributed by atoms with E-state index in [1.165, 1.54) is 4.31 Å². The molecule has 1 heterocycles. The molecule has 3 aromatic rings. The van der Waals surface area contributed by atoms with Crippen LogP contribution in [0.2, 0.25) is 10.0 Å². The number of halogens is 3. The van der Waals surface area contributed by atoms with E-state index < -0.39 is 10.0 Å². The van der Waals surface area contributed by atoms with Crippen LogP contribution in [0.15, 0.2) is 70.0 Å². The number of hydrogen-bond donors (Lipinski definition) is 0. The average Bonchev–Trinajstić information content (AvgIpc) is 3.22. The van der Waals surface area contributed by atoms with Gasteiger partial charge in [0.15, 0.2) is 0 Å². The van der Waals surface area contributed by atoms with Gasteiger partial charge in [-0.2, -0.15) is 0 Å². The molecule has 1 atom stereocenters. The highest BCUT2D eigenvalue weighted by Crippen LogP contribution is 2.35. The Morgan fingerprint density at radius 2 is 1.66 bits per heavy atom. The highest BCUT2D eigenvalue weighted by atomic mass is 79.9. The summed E-state index contributed by atoms with van der Waals surface area (Å²) in [6.45, 7) is 6.63. The van der Waals surface area contributed by atoms with Crippen molar-refractivity contribution >= 4 is 60.7 Å². The summed E-state index contributed by atoms with van der Waals surface area (Å²) < 4.78 is 29.7. The molecule has 0 bridgehead atoms. The molecule has 1 unspecified atom stereocenters. The Morgan fingerprint density at radius 3 is 2.29 bits per heavy atom. The molecule has 38 heavy (non-hydrogen) atoms. The van der Waals surface area contributed by atoms with Gasteiger partial charge in [0.1, 0.15) is 0 Å². The highest BCUT2D eigenvalue weighted by Gasteiger charge is 2.40. The van der Waals surface area contributed by atoms with Gasteiger partial charge in [0, 0.05) is 29.5 Å². The highest BCUT2D eigenvalue weighted by molar-refractivity contribution is 9.10. The molecule has 0 radical (unpaired) electrons. The van der Waals surface area contributed by atoms with Crippen molar-refractivity contribution < 1.29 is 13.2 Å². The number of rotatable bonds is 8. The van der Waals surface area contributed by atoms with Gasteiger partial charge < -0.3 is 4.90 Å². The monoisotopic (exact) mass is 636 g/mol. The zero-order chi connectivity index (χ0) is 27.7. The molecule has 0 spiro atoms. The van der Waals surface area contributed by atoms with Crippen molar-refractivity contribution in [2.75, 3.05) is 17.4 Å². The number of carbonyl (C=O) groups excluding carboxylic acids is 1. The van der Waals surface area contributed by atoms with Crippen LogP contribution in [-0.4, -0.2) is 37.9 Å². The standard InChI is InChI=1S/C29H31BrCl2N2O3S/c1-20-15-21(2)17-24(16-20)34(38(36,37)25-8-6-23(30)7-9-25)14-11-28(35)33-13-4-12-29(33,3)19-22-5-10-26(31)27(32)18-22/h5-10,15-18H,4,11-14,19H2,1-3H3. The molecule has 1 aliphatic heterocycles. The molecule has 1 aliphatic rings. The van der Waals surface area contributed by atoms with Crippen molar-refractivity contribution in [1.82, 2.24) is 4.90 Å². The van der Waals surface area contributed by atoms with Crippen LogP contribution < -0.4 is 4.31 Å². The molecular formula is C29H31BrCl2N2O3S. The summed E-state index contributed by atoms with van der Waals surface area (Å²) >= 11 is 15.7. The number of hydrogen-bond acceptors (Lipinski definition) is 3. The molecule has 5 nitrogen and oxygen atoms in total. The second-order valence-corrected chi connectivity index (χ2v) is 13.8. The topological polar surface area (TPSA) is 57.7 Å². The number of likely N-dealkylation sites (tertiary alicyclic amines) is 1. The molecule has 0 N–H and O–H groups in total. The second kappa shape index (κ2) is 11.6. The lowest BCUT2D eigenvalue weighted by molar-refractivity contribution is -0.134. The number of carbonyl (C=O) groups is 1. The third kappa shape index (κ3) is 6.39. The van der Waals surface area contributed by atoms with Gasteiger partial charge in [-0.15, -0.1) is 0 Å². The first-order valence-electron chi connectivity index (χ1n) is 12.5. The van der Waals surface area contributed by atoms with Gasteiger partial charge in [0.2, 0.25) is 5.91 Å². The fourth-order valence-corrected chi connectivity index (χ4v) is 7.30. The van der Waals surface area contributed by atoms with Crippen molar-refractivity contribution in [1.29, 1.82) is 0 Å². The number of nitrogens with zero attached hydrogens (tertiary/aromatic N) is 2. The molecule has 0 saturated carbocycles. The van der Waals surface area contributed by atoms with E-state index in [4.69, 9.17) is 23.2 Å². The number of amides is 1. The minimum absolute atomic E-state index is 0.0411. The molecule has 3 aromatic carbocycles. The summed E-state index contributed by atoms with van der Waals surface area (Å²) in [4.78, 5) is 15.7. The van der Waals surface area contributed by atoms with E-state index in [0.29, 0.717) is 28.7 Å². The van der Waals surface area contributed by atoms with E-state index in [2.05, 4.69) is 22.9 Å². The van der Waals surface area contributed by atoms with E-state index in [1.807, 2.05) is 49.1 Å². The minimum atomic E-state index is -3.90. The number of sulfonamides is 1. The lowest BCUT2D eigenvalue weighted by Crippen LogP contribution is -2.47.